The molecule has 1 amide bonds. The minimum atomic E-state index is -4.26. The van der Waals surface area contributed by atoms with Crippen LogP contribution in [-0.4, -0.2) is 93.8 Å². The van der Waals surface area contributed by atoms with E-state index in [1.807, 2.05) is 0 Å². The Kier molecular flexibility index (Phi) is 14.9. The number of nitrogens with one attached hydrogen (secondary N) is 1. The normalized spacial score (nSPS) is 17.9. The number of furan rings is 1. The van der Waals surface area contributed by atoms with Crippen LogP contribution in [0.5, 0.6) is 0 Å². The molecule has 55 heavy (non-hydrogen) atoms. The van der Waals surface area contributed by atoms with E-state index in [9.17, 15) is 32.7 Å². The number of hydrogen-bond acceptors (Lipinski definition) is 15. The minimum absolute atomic E-state index is 0.0424. The van der Waals surface area contributed by atoms with Gasteiger partial charge in [-0.1, -0.05) is 35.3 Å². The zero-order chi connectivity index (χ0) is 40.4. The lowest BCUT2D eigenvalue weighted by molar-refractivity contribution is -0.295. The fourth-order valence-corrected chi connectivity index (χ4v) is 6.74. The maximum Gasteiger partial charge on any atom is 0.413 e. The molecule has 0 saturated carbocycles. The monoisotopic (exact) mass is 829 g/mol. The first-order chi connectivity index (χ1) is 25.9. The number of esters is 3. The fraction of sp³-hybridized carbons (Fsp3) is 0.429. The number of sulfonamides is 1. The van der Waals surface area contributed by atoms with Crippen LogP contribution in [0.1, 0.15) is 55.3 Å². The minimum Gasteiger partial charge on any atom is -0.467 e. The highest BCUT2D eigenvalue weighted by molar-refractivity contribution is 7.89. The van der Waals surface area contributed by atoms with Crippen molar-refractivity contribution in [2.75, 3.05) is 45.1 Å². The van der Waals surface area contributed by atoms with E-state index in [-0.39, 0.29) is 68.7 Å². The van der Waals surface area contributed by atoms with Gasteiger partial charge in [-0.2, -0.15) is 0 Å². The molecule has 2 atom stereocenters. The van der Waals surface area contributed by atoms with Crippen LogP contribution in [0.15, 0.2) is 64.1 Å². The Bertz CT molecular complexity index is 1940. The van der Waals surface area contributed by atoms with E-state index in [1.54, 1.807) is 51.1 Å². The Morgan fingerprint density at radius 3 is 2.31 bits per heavy atom. The molecule has 4 N–H and O–H groups in total. The van der Waals surface area contributed by atoms with Gasteiger partial charge in [0, 0.05) is 10.6 Å². The number of aliphatic hydroxyl groups is 1. The molecule has 1 saturated heterocycles. The van der Waals surface area contributed by atoms with E-state index in [1.165, 1.54) is 23.3 Å². The highest BCUT2D eigenvalue weighted by atomic mass is 35.5. The maximum absolute atomic E-state index is 13.1. The van der Waals surface area contributed by atoms with Crippen LogP contribution in [0.3, 0.4) is 0 Å². The predicted octanol–water partition coefficient (Wildman–Crippen LogP) is 4.32. The summed E-state index contributed by atoms with van der Waals surface area (Å²) in [6, 6.07) is 11.1. The molecular formula is C35H41Cl2N3O14S. The number of benzene rings is 2. The summed E-state index contributed by atoms with van der Waals surface area (Å²) in [6.07, 6.45) is -0.0990. The van der Waals surface area contributed by atoms with Crippen molar-refractivity contribution in [3.05, 3.63) is 81.7 Å². The van der Waals surface area contributed by atoms with Gasteiger partial charge in [0.15, 0.2) is 0 Å². The van der Waals surface area contributed by atoms with Gasteiger partial charge in [0.1, 0.15) is 23.9 Å². The third-order valence-electron chi connectivity index (χ3n) is 8.20. The largest absolute Gasteiger partial charge is 0.467 e. The number of halogens is 2. The van der Waals surface area contributed by atoms with Crippen LogP contribution >= 0.6 is 23.2 Å². The van der Waals surface area contributed by atoms with E-state index in [0.29, 0.717) is 16.3 Å². The first kappa shape index (κ1) is 43.3. The van der Waals surface area contributed by atoms with Gasteiger partial charge in [-0.05, 0) is 57.2 Å². The number of carbonyl (C=O) groups excluding carboxylic acids is 4. The SMILES string of the molecule is C[C@@H]1N(C(=O)OCOC(=O)CCC(=O)OCCOCCOC(=O)c2cc(S(N)(=O)=O)c(Cl)cc2NCc2ccco2)C(C)(C)CO[C@@]1(O)c1cccc(Cl)c1. The Balaban J connectivity index is 1.13. The Morgan fingerprint density at radius 2 is 1.65 bits per heavy atom. The van der Waals surface area contributed by atoms with Crippen LogP contribution < -0.4 is 10.5 Å². The number of anilines is 1. The van der Waals surface area contributed by atoms with Crippen LogP contribution in [0, 0.1) is 0 Å². The van der Waals surface area contributed by atoms with Gasteiger partial charge in [0.05, 0.1) is 73.3 Å². The van der Waals surface area contributed by atoms with E-state index < -0.39 is 63.1 Å². The number of hydrogen-bond donors (Lipinski definition) is 3. The molecule has 2 heterocycles. The molecule has 0 spiro atoms. The predicted molar refractivity (Wildman–Crippen MR) is 194 cm³/mol. The number of carbonyl (C=O) groups is 4. The van der Waals surface area contributed by atoms with Crippen molar-refractivity contribution >= 4 is 62.9 Å². The quantitative estimate of drug-likeness (QED) is 0.0744. The van der Waals surface area contributed by atoms with E-state index >= 15 is 0 Å². The van der Waals surface area contributed by atoms with Crippen molar-refractivity contribution in [1.82, 2.24) is 4.90 Å². The average Bonchev–Trinajstić information content (AvgIpc) is 3.64. The van der Waals surface area contributed by atoms with Crippen LogP contribution in [0.2, 0.25) is 10.0 Å². The summed E-state index contributed by atoms with van der Waals surface area (Å²) in [7, 11) is -4.26. The lowest BCUT2D eigenvalue weighted by atomic mass is 9.90. The first-order valence-corrected chi connectivity index (χ1v) is 19.0. The van der Waals surface area contributed by atoms with Crippen molar-refractivity contribution in [2.24, 2.45) is 5.14 Å². The van der Waals surface area contributed by atoms with Gasteiger partial charge in [-0.25, -0.2) is 23.1 Å². The van der Waals surface area contributed by atoms with E-state index in [2.05, 4.69) is 5.32 Å². The summed E-state index contributed by atoms with van der Waals surface area (Å²) >= 11 is 12.2. The lowest BCUT2D eigenvalue weighted by Crippen LogP contribution is -2.66. The summed E-state index contributed by atoms with van der Waals surface area (Å²) in [5, 5.41) is 19.7. The molecule has 1 fully saturated rings. The van der Waals surface area contributed by atoms with Gasteiger partial charge in [0.2, 0.25) is 22.6 Å². The Morgan fingerprint density at radius 1 is 0.964 bits per heavy atom. The van der Waals surface area contributed by atoms with Gasteiger partial charge in [0.25, 0.3) is 0 Å². The van der Waals surface area contributed by atoms with Crippen molar-refractivity contribution in [3.8, 4) is 0 Å². The Labute approximate surface area is 326 Å². The summed E-state index contributed by atoms with van der Waals surface area (Å²) in [5.74, 6) is -3.80. The van der Waals surface area contributed by atoms with E-state index in [0.717, 1.165) is 6.07 Å². The molecule has 4 rings (SSSR count). The fourth-order valence-electron chi connectivity index (χ4n) is 5.45. The Hall–Kier alpha value is -4.43. The number of primary sulfonamides is 1. The molecule has 0 unspecified atom stereocenters. The molecule has 1 aliphatic heterocycles. The molecule has 1 aromatic heterocycles. The molecule has 0 bridgehead atoms. The highest BCUT2D eigenvalue weighted by Crippen LogP contribution is 2.40. The zero-order valence-corrected chi connectivity index (χ0v) is 32.4. The summed E-state index contributed by atoms with van der Waals surface area (Å²) in [6.45, 7) is 3.81. The number of ether oxygens (including phenoxy) is 6. The number of rotatable bonds is 17. The molecule has 0 aliphatic carbocycles. The lowest BCUT2D eigenvalue weighted by Gasteiger charge is -2.52. The van der Waals surface area contributed by atoms with Crippen molar-refractivity contribution < 1.29 is 65.5 Å². The van der Waals surface area contributed by atoms with Crippen molar-refractivity contribution in [3.63, 3.8) is 0 Å². The molecule has 17 nitrogen and oxygen atoms in total. The van der Waals surface area contributed by atoms with Crippen LogP contribution in [-0.2, 0) is 60.4 Å². The number of morpholine rings is 1. The molecule has 2 aromatic carbocycles. The highest BCUT2D eigenvalue weighted by Gasteiger charge is 2.53. The summed E-state index contributed by atoms with van der Waals surface area (Å²) in [4.78, 5) is 51.0. The number of nitrogens with two attached hydrogens (primary N) is 1. The molecular weight excluding hydrogens is 789 g/mol. The second-order valence-corrected chi connectivity index (χ2v) is 15.0. The summed E-state index contributed by atoms with van der Waals surface area (Å²) < 4.78 is 60.7. The average molecular weight is 831 g/mol. The van der Waals surface area contributed by atoms with Crippen LogP contribution in [0.4, 0.5) is 10.5 Å². The van der Waals surface area contributed by atoms with Crippen molar-refractivity contribution in [1.29, 1.82) is 0 Å². The van der Waals surface area contributed by atoms with E-state index in [4.69, 9.17) is 61.2 Å². The van der Waals surface area contributed by atoms with Gasteiger partial charge in [-0.15, -0.1) is 0 Å². The second-order valence-electron chi connectivity index (χ2n) is 12.7. The first-order valence-electron chi connectivity index (χ1n) is 16.7. The molecule has 20 heteroatoms. The third kappa shape index (κ3) is 11.8. The standard InChI is InChI=1S/C35H41Cl2N3O14S/c1-22-35(45,23-6-4-7-24(36)16-23)54-20-34(2,3)40(22)33(44)53-21-52-31(42)10-9-30(41)50-14-12-48-13-15-51-32(43)26-17-29(55(38,46)47)27(37)18-28(26)39-19-25-8-5-11-49-25/h4-8,11,16-18,22,39,45H,9-10,12-15,19-21H2,1-3H3,(H2,38,46,47)/t22-,35+/m0/s1. The summed E-state index contributed by atoms with van der Waals surface area (Å²) in [5.41, 5.74) is -0.529. The van der Waals surface area contributed by atoms with Gasteiger partial charge in [-0.3, -0.25) is 14.5 Å². The molecule has 3 aromatic rings. The maximum atomic E-state index is 13.1. The smallest absolute Gasteiger partial charge is 0.413 e. The van der Waals surface area contributed by atoms with Crippen LogP contribution in [0.25, 0.3) is 0 Å². The second kappa shape index (κ2) is 18.9. The zero-order valence-electron chi connectivity index (χ0n) is 30.1. The molecule has 0 radical (unpaired) electrons. The topological polar surface area (TPSA) is 232 Å². The molecule has 1 aliphatic rings. The van der Waals surface area contributed by atoms with Gasteiger partial charge < -0.3 is 43.3 Å². The van der Waals surface area contributed by atoms with Crippen molar-refractivity contribution in [2.45, 2.75) is 62.4 Å². The van der Waals surface area contributed by atoms with Gasteiger partial charge >= 0.3 is 24.0 Å². The number of amides is 1. The third-order valence-corrected chi connectivity index (χ3v) is 9.82. The molecule has 300 valence electrons. The number of nitrogens with zero attached hydrogens (tertiary/aromatic N) is 1.